The fraction of sp³-hybridized carbons (Fsp3) is 0.273. The van der Waals surface area contributed by atoms with E-state index in [4.69, 9.17) is 0 Å². The first-order valence-corrected chi connectivity index (χ1v) is 5.49. The smallest absolute Gasteiger partial charge is 0.270 e. The molecule has 1 aromatic carbocycles. The predicted octanol–water partition coefficient (Wildman–Crippen LogP) is 0.306. The molecule has 2 rings (SSSR count). The Kier molecular flexibility index (Phi) is 3.41. The number of carbonyl (C=O) groups is 2. The van der Waals surface area contributed by atoms with Crippen molar-refractivity contribution in [2.45, 2.75) is 0 Å². The van der Waals surface area contributed by atoms with Gasteiger partial charge in [0.1, 0.15) is 5.82 Å². The molecule has 0 unspecified atom stereocenters. The number of nitro groups is 1. The molecule has 0 atom stereocenters. The molecule has 1 aliphatic rings. The molecule has 0 saturated carbocycles. The van der Waals surface area contributed by atoms with Crippen molar-refractivity contribution in [1.82, 2.24) is 10.2 Å². The van der Waals surface area contributed by atoms with E-state index < -0.39 is 22.2 Å². The summed E-state index contributed by atoms with van der Waals surface area (Å²) in [4.78, 5) is 34.2. The van der Waals surface area contributed by atoms with E-state index in [-0.39, 0.29) is 31.2 Å². The summed E-state index contributed by atoms with van der Waals surface area (Å²) in [6.07, 6.45) is 0. The van der Waals surface area contributed by atoms with Crippen LogP contribution >= 0.6 is 0 Å². The maximum absolute atomic E-state index is 13.6. The molecule has 0 bridgehead atoms. The molecule has 1 fully saturated rings. The van der Waals surface area contributed by atoms with Crippen molar-refractivity contribution < 1.29 is 18.9 Å². The van der Waals surface area contributed by atoms with Crippen LogP contribution < -0.4 is 5.32 Å². The van der Waals surface area contributed by atoms with Gasteiger partial charge >= 0.3 is 0 Å². The van der Waals surface area contributed by atoms with Crippen molar-refractivity contribution in [3.05, 3.63) is 39.7 Å². The van der Waals surface area contributed by atoms with Gasteiger partial charge in [-0.25, -0.2) is 4.39 Å². The van der Waals surface area contributed by atoms with Gasteiger partial charge in [0.2, 0.25) is 5.91 Å². The number of carbonyl (C=O) groups excluding carboxylic acids is 2. The molecular formula is C11H10FN3O4. The van der Waals surface area contributed by atoms with E-state index >= 15 is 0 Å². The van der Waals surface area contributed by atoms with Gasteiger partial charge in [-0.05, 0) is 6.07 Å². The average Bonchev–Trinajstić information content (AvgIpc) is 2.38. The molecule has 2 amide bonds. The van der Waals surface area contributed by atoms with Crippen LogP contribution in [0.1, 0.15) is 10.4 Å². The number of nitrogens with one attached hydrogen (secondary N) is 1. The lowest BCUT2D eigenvalue weighted by molar-refractivity contribution is -0.384. The Morgan fingerprint density at radius 1 is 1.47 bits per heavy atom. The van der Waals surface area contributed by atoms with Crippen LogP contribution in [-0.2, 0) is 4.79 Å². The van der Waals surface area contributed by atoms with E-state index in [9.17, 15) is 24.1 Å². The Hall–Kier alpha value is -2.51. The minimum atomic E-state index is -0.846. The SMILES string of the molecule is O=C1CN(C(=O)c2cc([N+](=O)[O-])ccc2F)CCN1. The van der Waals surface area contributed by atoms with Gasteiger partial charge in [-0.15, -0.1) is 0 Å². The highest BCUT2D eigenvalue weighted by Crippen LogP contribution is 2.18. The molecular weight excluding hydrogens is 257 g/mol. The molecule has 1 aliphatic heterocycles. The number of non-ortho nitro benzene ring substituents is 1. The first-order valence-electron chi connectivity index (χ1n) is 5.49. The topological polar surface area (TPSA) is 92.5 Å². The van der Waals surface area contributed by atoms with Crippen LogP contribution in [0.15, 0.2) is 18.2 Å². The lowest BCUT2D eigenvalue weighted by Gasteiger charge is -2.26. The van der Waals surface area contributed by atoms with Gasteiger partial charge in [0, 0.05) is 25.2 Å². The summed E-state index contributed by atoms with van der Waals surface area (Å²) in [7, 11) is 0. The van der Waals surface area contributed by atoms with Crippen molar-refractivity contribution in [3.63, 3.8) is 0 Å². The normalized spacial score (nSPS) is 15.0. The quantitative estimate of drug-likeness (QED) is 0.616. The van der Waals surface area contributed by atoms with Crippen molar-refractivity contribution in [2.75, 3.05) is 19.6 Å². The summed E-state index contributed by atoms with van der Waals surface area (Å²) in [6.45, 7) is 0.342. The summed E-state index contributed by atoms with van der Waals surface area (Å²) in [5, 5.41) is 13.1. The minimum absolute atomic E-state index is 0.180. The summed E-state index contributed by atoms with van der Waals surface area (Å²) in [5.41, 5.74) is -0.768. The number of hydrogen-bond donors (Lipinski definition) is 1. The number of amides is 2. The Morgan fingerprint density at radius 2 is 2.21 bits per heavy atom. The third kappa shape index (κ3) is 2.67. The number of halogens is 1. The zero-order valence-electron chi connectivity index (χ0n) is 9.76. The molecule has 0 aliphatic carbocycles. The largest absolute Gasteiger partial charge is 0.353 e. The molecule has 0 spiro atoms. The third-order valence-electron chi connectivity index (χ3n) is 2.72. The maximum atomic E-state index is 13.6. The standard InChI is InChI=1S/C11H10FN3O4/c12-9-2-1-7(15(18)19)5-8(9)11(17)14-4-3-13-10(16)6-14/h1-2,5H,3-4,6H2,(H,13,16). The molecule has 1 aromatic rings. The van der Waals surface area contributed by atoms with E-state index in [1.165, 1.54) is 0 Å². The minimum Gasteiger partial charge on any atom is -0.353 e. The zero-order chi connectivity index (χ0) is 14.0. The number of nitro benzene ring substituents is 1. The van der Waals surface area contributed by atoms with Gasteiger partial charge in [0.05, 0.1) is 17.0 Å². The maximum Gasteiger partial charge on any atom is 0.270 e. The van der Waals surface area contributed by atoms with E-state index in [0.717, 1.165) is 23.1 Å². The second-order valence-corrected chi connectivity index (χ2v) is 4.00. The number of nitrogens with zero attached hydrogens (tertiary/aromatic N) is 2. The monoisotopic (exact) mass is 267 g/mol. The van der Waals surface area contributed by atoms with Gasteiger partial charge in [-0.1, -0.05) is 0 Å². The van der Waals surface area contributed by atoms with Crippen molar-refractivity contribution >= 4 is 17.5 Å². The van der Waals surface area contributed by atoms with Crippen LogP contribution in [0.4, 0.5) is 10.1 Å². The molecule has 1 N–H and O–H groups in total. The third-order valence-corrected chi connectivity index (χ3v) is 2.72. The number of hydrogen-bond acceptors (Lipinski definition) is 4. The van der Waals surface area contributed by atoms with E-state index in [1.54, 1.807) is 0 Å². The molecule has 100 valence electrons. The highest BCUT2D eigenvalue weighted by Gasteiger charge is 2.25. The van der Waals surface area contributed by atoms with Crippen molar-refractivity contribution in [1.29, 1.82) is 0 Å². The number of benzene rings is 1. The average molecular weight is 267 g/mol. The first kappa shape index (κ1) is 12.9. The van der Waals surface area contributed by atoms with Crippen LogP contribution in [0.25, 0.3) is 0 Å². The van der Waals surface area contributed by atoms with E-state index in [1.807, 2.05) is 0 Å². The van der Waals surface area contributed by atoms with Gasteiger partial charge in [0.25, 0.3) is 11.6 Å². The Labute approximate surface area is 107 Å². The van der Waals surface area contributed by atoms with Crippen molar-refractivity contribution in [3.8, 4) is 0 Å². The van der Waals surface area contributed by atoms with Gasteiger partial charge < -0.3 is 10.2 Å². The lowest BCUT2D eigenvalue weighted by atomic mass is 10.1. The predicted molar refractivity (Wildman–Crippen MR) is 62.0 cm³/mol. The van der Waals surface area contributed by atoms with Gasteiger partial charge in [0.15, 0.2) is 0 Å². The fourth-order valence-corrected chi connectivity index (χ4v) is 1.77. The second-order valence-electron chi connectivity index (χ2n) is 4.00. The summed E-state index contributed by atoms with van der Waals surface area (Å²) in [6, 6.07) is 2.73. The summed E-state index contributed by atoms with van der Waals surface area (Å²) < 4.78 is 13.6. The molecule has 19 heavy (non-hydrogen) atoms. The molecule has 0 radical (unpaired) electrons. The van der Waals surface area contributed by atoms with Gasteiger partial charge in [-0.2, -0.15) is 0 Å². The van der Waals surface area contributed by atoms with Crippen LogP contribution in [0, 0.1) is 15.9 Å². The number of piperazine rings is 1. The fourth-order valence-electron chi connectivity index (χ4n) is 1.77. The van der Waals surface area contributed by atoms with Gasteiger partial charge in [-0.3, -0.25) is 19.7 Å². The second kappa shape index (κ2) is 5.01. The molecule has 1 heterocycles. The van der Waals surface area contributed by atoms with Crippen molar-refractivity contribution in [2.24, 2.45) is 0 Å². The van der Waals surface area contributed by atoms with Crippen LogP contribution in [0.2, 0.25) is 0 Å². The Balaban J connectivity index is 2.29. The highest BCUT2D eigenvalue weighted by atomic mass is 19.1. The van der Waals surface area contributed by atoms with E-state index in [2.05, 4.69) is 5.32 Å². The molecule has 0 aromatic heterocycles. The Morgan fingerprint density at radius 3 is 2.84 bits per heavy atom. The molecule has 1 saturated heterocycles. The first-order chi connectivity index (χ1) is 8.99. The lowest BCUT2D eigenvalue weighted by Crippen LogP contribution is -2.50. The molecule has 7 nitrogen and oxygen atoms in total. The highest BCUT2D eigenvalue weighted by molar-refractivity contribution is 5.97. The van der Waals surface area contributed by atoms with E-state index in [0.29, 0.717) is 0 Å². The number of rotatable bonds is 2. The van der Waals surface area contributed by atoms with Crippen LogP contribution in [0.5, 0.6) is 0 Å². The summed E-state index contributed by atoms with van der Waals surface area (Å²) in [5.74, 6) is -1.91. The molecule has 8 heteroatoms. The zero-order valence-corrected chi connectivity index (χ0v) is 9.76. The van der Waals surface area contributed by atoms with Crippen LogP contribution in [0.3, 0.4) is 0 Å². The van der Waals surface area contributed by atoms with Crippen LogP contribution in [-0.4, -0.2) is 41.3 Å². The Bertz CT molecular complexity index is 561. The summed E-state index contributed by atoms with van der Waals surface area (Å²) >= 11 is 0.